The van der Waals surface area contributed by atoms with E-state index in [0.29, 0.717) is 24.4 Å². The second-order valence-corrected chi connectivity index (χ2v) is 6.73. The van der Waals surface area contributed by atoms with Crippen LogP contribution in [0.25, 0.3) is 0 Å². The number of hydrogen-bond acceptors (Lipinski definition) is 4. The quantitative estimate of drug-likeness (QED) is 0.519. The molecular formula is C24H24N2O3. The molecule has 1 heterocycles. The molecule has 0 unspecified atom stereocenters. The summed E-state index contributed by atoms with van der Waals surface area (Å²) in [5.41, 5.74) is 3.68. The average molecular weight is 388 g/mol. The summed E-state index contributed by atoms with van der Waals surface area (Å²) in [5, 5.41) is 0. The number of aldehydes is 1. The summed E-state index contributed by atoms with van der Waals surface area (Å²) >= 11 is 0. The Morgan fingerprint density at radius 1 is 0.966 bits per heavy atom. The summed E-state index contributed by atoms with van der Waals surface area (Å²) in [6, 6.07) is 18.9. The topological polar surface area (TPSA) is 59.5 Å². The normalized spacial score (nSPS) is 10.4. The lowest BCUT2D eigenvalue weighted by Crippen LogP contribution is -2.34. The van der Waals surface area contributed by atoms with Crippen molar-refractivity contribution in [1.29, 1.82) is 0 Å². The molecule has 0 spiro atoms. The fourth-order valence-corrected chi connectivity index (χ4v) is 2.99. The lowest BCUT2D eigenvalue weighted by Gasteiger charge is -2.23. The molecule has 0 saturated carbocycles. The first-order valence-corrected chi connectivity index (χ1v) is 9.61. The van der Waals surface area contributed by atoms with Gasteiger partial charge in [-0.1, -0.05) is 49.4 Å². The third kappa shape index (κ3) is 5.75. The first-order valence-electron chi connectivity index (χ1n) is 9.61. The number of carbonyl (C=O) groups is 2. The van der Waals surface area contributed by atoms with Gasteiger partial charge in [-0.25, -0.2) is 0 Å². The Bertz CT molecular complexity index is 940. The Hall–Kier alpha value is -3.47. The minimum atomic E-state index is -0.158. The maximum Gasteiger partial charge on any atom is 0.261 e. The van der Waals surface area contributed by atoms with Crippen LogP contribution in [-0.4, -0.2) is 28.7 Å². The lowest BCUT2D eigenvalue weighted by atomic mass is 10.1. The maximum absolute atomic E-state index is 12.9. The summed E-state index contributed by atoms with van der Waals surface area (Å²) < 4.78 is 5.64. The molecule has 5 heteroatoms. The maximum atomic E-state index is 12.9. The van der Waals surface area contributed by atoms with Gasteiger partial charge in [-0.3, -0.25) is 14.6 Å². The van der Waals surface area contributed by atoms with Crippen molar-refractivity contribution in [3.63, 3.8) is 0 Å². The van der Waals surface area contributed by atoms with Gasteiger partial charge in [-0.05, 0) is 41.3 Å². The van der Waals surface area contributed by atoms with Crippen molar-refractivity contribution in [3.05, 3.63) is 95.3 Å². The molecular weight excluding hydrogens is 364 g/mol. The van der Waals surface area contributed by atoms with Gasteiger partial charge in [0.2, 0.25) is 0 Å². The zero-order valence-electron chi connectivity index (χ0n) is 16.5. The number of para-hydroxylation sites is 1. The zero-order chi connectivity index (χ0) is 20.5. The van der Waals surface area contributed by atoms with Crippen LogP contribution in [0.15, 0.2) is 73.1 Å². The van der Waals surface area contributed by atoms with Crippen molar-refractivity contribution in [2.75, 3.05) is 6.61 Å². The van der Waals surface area contributed by atoms with Gasteiger partial charge in [0.05, 0.1) is 5.56 Å². The molecule has 3 aromatic rings. The monoisotopic (exact) mass is 388 g/mol. The Balaban J connectivity index is 1.73. The Morgan fingerprint density at radius 3 is 2.38 bits per heavy atom. The predicted molar refractivity (Wildman–Crippen MR) is 112 cm³/mol. The highest BCUT2D eigenvalue weighted by Crippen LogP contribution is 2.17. The molecule has 3 rings (SSSR count). The molecule has 1 aromatic heterocycles. The third-order valence-electron chi connectivity index (χ3n) is 4.65. The standard InChI is InChI=1S/C24H24N2O3/c1-2-19-9-11-20(12-10-19)15-26(16-21-6-5-13-25-14-21)24(28)18-29-23-8-4-3-7-22(23)17-27/h3-14,17H,2,15-16,18H2,1H3. The molecule has 29 heavy (non-hydrogen) atoms. The SMILES string of the molecule is CCc1ccc(CN(Cc2cccnc2)C(=O)COc2ccccc2C=O)cc1. The van der Waals surface area contributed by atoms with E-state index in [1.54, 1.807) is 41.6 Å². The second-order valence-electron chi connectivity index (χ2n) is 6.73. The van der Waals surface area contributed by atoms with E-state index in [1.165, 1.54) is 5.56 Å². The van der Waals surface area contributed by atoms with Gasteiger partial charge in [0, 0.05) is 25.5 Å². The van der Waals surface area contributed by atoms with Crippen molar-refractivity contribution in [1.82, 2.24) is 9.88 Å². The van der Waals surface area contributed by atoms with E-state index in [4.69, 9.17) is 4.74 Å². The first-order chi connectivity index (χ1) is 14.2. The van der Waals surface area contributed by atoms with E-state index in [1.807, 2.05) is 24.3 Å². The number of benzene rings is 2. The number of carbonyl (C=O) groups excluding carboxylic acids is 2. The smallest absolute Gasteiger partial charge is 0.261 e. The highest BCUT2D eigenvalue weighted by Gasteiger charge is 2.16. The number of aryl methyl sites for hydroxylation is 1. The lowest BCUT2D eigenvalue weighted by molar-refractivity contribution is -0.134. The van der Waals surface area contributed by atoms with Crippen molar-refractivity contribution in [2.45, 2.75) is 26.4 Å². The molecule has 0 fully saturated rings. The number of amides is 1. The van der Waals surface area contributed by atoms with Crippen LogP contribution < -0.4 is 4.74 Å². The second kappa shape index (κ2) is 10.2. The van der Waals surface area contributed by atoms with E-state index in [2.05, 4.69) is 24.0 Å². The van der Waals surface area contributed by atoms with Crippen LogP contribution in [0.5, 0.6) is 5.75 Å². The van der Waals surface area contributed by atoms with E-state index >= 15 is 0 Å². The van der Waals surface area contributed by atoms with Crippen LogP contribution in [0.2, 0.25) is 0 Å². The van der Waals surface area contributed by atoms with Crippen LogP contribution in [0.3, 0.4) is 0 Å². The fraction of sp³-hybridized carbons (Fsp3) is 0.208. The molecule has 0 aliphatic heterocycles. The van der Waals surface area contributed by atoms with Crippen LogP contribution >= 0.6 is 0 Å². The fourth-order valence-electron chi connectivity index (χ4n) is 2.99. The molecule has 1 amide bonds. The summed E-state index contributed by atoms with van der Waals surface area (Å²) in [6.07, 6.45) is 5.16. The van der Waals surface area contributed by atoms with Crippen LogP contribution in [0, 0.1) is 0 Å². The van der Waals surface area contributed by atoms with Gasteiger partial charge in [-0.15, -0.1) is 0 Å². The van der Waals surface area contributed by atoms with Crippen molar-refractivity contribution < 1.29 is 14.3 Å². The first kappa shape index (κ1) is 20.3. The summed E-state index contributed by atoms with van der Waals surface area (Å²) in [5.74, 6) is 0.249. The Kier molecular flexibility index (Phi) is 7.11. The molecule has 0 atom stereocenters. The van der Waals surface area contributed by atoms with Gasteiger partial charge in [0.25, 0.3) is 5.91 Å². The van der Waals surface area contributed by atoms with Gasteiger partial charge >= 0.3 is 0 Å². The van der Waals surface area contributed by atoms with Gasteiger partial charge in [0.15, 0.2) is 12.9 Å². The minimum absolute atomic E-state index is 0.141. The number of rotatable bonds is 9. The van der Waals surface area contributed by atoms with Crippen molar-refractivity contribution in [3.8, 4) is 5.75 Å². The molecule has 2 aromatic carbocycles. The Labute approximate surface area is 171 Å². The minimum Gasteiger partial charge on any atom is -0.483 e. The molecule has 0 saturated heterocycles. The highest BCUT2D eigenvalue weighted by molar-refractivity contribution is 5.81. The van der Waals surface area contributed by atoms with Gasteiger partial charge < -0.3 is 9.64 Å². The molecule has 0 aliphatic rings. The summed E-state index contributed by atoms with van der Waals surface area (Å²) in [6.45, 7) is 2.87. The largest absolute Gasteiger partial charge is 0.483 e. The van der Waals surface area contributed by atoms with Crippen LogP contribution in [-0.2, 0) is 24.3 Å². The number of aromatic nitrogens is 1. The van der Waals surface area contributed by atoms with Crippen LogP contribution in [0.1, 0.15) is 34.0 Å². The molecule has 0 radical (unpaired) electrons. The van der Waals surface area contributed by atoms with E-state index in [9.17, 15) is 9.59 Å². The number of ether oxygens (including phenoxy) is 1. The van der Waals surface area contributed by atoms with Crippen molar-refractivity contribution >= 4 is 12.2 Å². The number of nitrogens with zero attached hydrogens (tertiary/aromatic N) is 2. The van der Waals surface area contributed by atoms with Gasteiger partial charge in [-0.2, -0.15) is 0 Å². The molecule has 0 bridgehead atoms. The predicted octanol–water partition coefficient (Wildman–Crippen LogP) is 4.06. The number of hydrogen-bond donors (Lipinski definition) is 0. The number of pyridine rings is 1. The van der Waals surface area contributed by atoms with E-state index in [-0.39, 0.29) is 12.5 Å². The summed E-state index contributed by atoms with van der Waals surface area (Å²) in [7, 11) is 0. The van der Waals surface area contributed by atoms with Crippen molar-refractivity contribution in [2.24, 2.45) is 0 Å². The highest BCUT2D eigenvalue weighted by atomic mass is 16.5. The molecule has 148 valence electrons. The Morgan fingerprint density at radius 2 is 1.69 bits per heavy atom. The summed E-state index contributed by atoms with van der Waals surface area (Å²) in [4.78, 5) is 30.0. The van der Waals surface area contributed by atoms with Gasteiger partial charge in [0.1, 0.15) is 5.75 Å². The van der Waals surface area contributed by atoms with E-state index < -0.39 is 0 Å². The zero-order valence-corrected chi connectivity index (χ0v) is 16.5. The third-order valence-corrected chi connectivity index (χ3v) is 4.65. The molecule has 0 aliphatic carbocycles. The van der Waals surface area contributed by atoms with Crippen LogP contribution in [0.4, 0.5) is 0 Å². The average Bonchev–Trinajstić information content (AvgIpc) is 2.78. The molecule has 0 N–H and O–H groups in total. The van der Waals surface area contributed by atoms with E-state index in [0.717, 1.165) is 23.8 Å². The molecule has 5 nitrogen and oxygen atoms in total.